The van der Waals surface area contributed by atoms with Gasteiger partial charge in [-0.25, -0.2) is 9.78 Å². The predicted molar refractivity (Wildman–Crippen MR) is 105 cm³/mol. The second kappa shape index (κ2) is 9.00. The zero-order valence-corrected chi connectivity index (χ0v) is 15.2. The molecule has 0 aliphatic heterocycles. The van der Waals surface area contributed by atoms with Crippen molar-refractivity contribution >= 4 is 40.2 Å². The van der Waals surface area contributed by atoms with Crippen LogP contribution < -0.4 is 10.6 Å². The quantitative estimate of drug-likeness (QED) is 0.495. The van der Waals surface area contributed by atoms with E-state index in [9.17, 15) is 9.59 Å². The first kappa shape index (κ1) is 18.7. The molecule has 0 saturated heterocycles. The number of urea groups is 1. The first-order valence-corrected chi connectivity index (χ1v) is 8.79. The first-order chi connectivity index (χ1) is 13.1. The normalized spacial score (nSPS) is 10.4. The lowest BCUT2D eigenvalue weighted by molar-refractivity contribution is -0.144. The van der Waals surface area contributed by atoms with Crippen molar-refractivity contribution in [2.45, 2.75) is 13.0 Å². The summed E-state index contributed by atoms with van der Waals surface area (Å²) < 4.78 is 5.22. The van der Waals surface area contributed by atoms with Gasteiger partial charge in [0.25, 0.3) is 0 Å². The Hall–Kier alpha value is -3.12. The topological polar surface area (TPSA) is 80.3 Å². The third-order valence-corrected chi connectivity index (χ3v) is 4.11. The molecule has 0 fully saturated rings. The van der Waals surface area contributed by atoms with Gasteiger partial charge in [0.2, 0.25) is 0 Å². The van der Waals surface area contributed by atoms with Gasteiger partial charge in [0.15, 0.2) is 0 Å². The number of ether oxygens (including phenoxy) is 1. The van der Waals surface area contributed by atoms with E-state index in [1.807, 2.05) is 48.5 Å². The Labute approximate surface area is 161 Å². The molecule has 0 aliphatic carbocycles. The number of hydrogen-bond donors (Lipinski definition) is 2. The first-order valence-electron chi connectivity index (χ1n) is 8.41. The molecule has 2 amide bonds. The summed E-state index contributed by atoms with van der Waals surface area (Å²) in [5.41, 5.74) is 2.10. The number of fused-ring (bicyclic) bond motifs is 1. The number of carbonyl (C=O) groups excluding carboxylic acids is 2. The number of pyridine rings is 1. The van der Waals surface area contributed by atoms with Gasteiger partial charge in [-0.1, -0.05) is 48.0 Å². The van der Waals surface area contributed by atoms with Gasteiger partial charge in [-0.2, -0.15) is 0 Å². The fraction of sp³-hybridized carbons (Fsp3) is 0.150. The van der Waals surface area contributed by atoms with E-state index in [-0.39, 0.29) is 25.6 Å². The fourth-order valence-electron chi connectivity index (χ4n) is 2.44. The minimum absolute atomic E-state index is 0.0334. The van der Waals surface area contributed by atoms with Crippen LogP contribution in [0.25, 0.3) is 10.9 Å². The zero-order valence-electron chi connectivity index (χ0n) is 14.4. The Morgan fingerprint density at radius 1 is 1.04 bits per heavy atom. The van der Waals surface area contributed by atoms with E-state index in [4.69, 9.17) is 16.3 Å². The van der Waals surface area contributed by atoms with Crippen LogP contribution in [0.1, 0.15) is 12.0 Å². The van der Waals surface area contributed by atoms with Crippen LogP contribution in [0, 0.1) is 0 Å². The van der Waals surface area contributed by atoms with Crippen LogP contribution in [0.5, 0.6) is 0 Å². The Balaban J connectivity index is 1.43. The number of anilines is 1. The average Bonchev–Trinajstić information content (AvgIpc) is 2.67. The van der Waals surface area contributed by atoms with Crippen LogP contribution in [-0.4, -0.2) is 23.5 Å². The summed E-state index contributed by atoms with van der Waals surface area (Å²) in [5, 5.41) is 6.51. The summed E-state index contributed by atoms with van der Waals surface area (Å²) in [5.74, 6) is -0.431. The molecular weight excluding hydrogens is 366 g/mol. The van der Waals surface area contributed by atoms with Crippen LogP contribution in [0.2, 0.25) is 5.15 Å². The molecule has 27 heavy (non-hydrogen) atoms. The molecule has 6 nitrogen and oxygen atoms in total. The molecule has 0 bridgehead atoms. The number of rotatable bonds is 6. The van der Waals surface area contributed by atoms with Gasteiger partial charge in [0.1, 0.15) is 11.8 Å². The maximum atomic E-state index is 11.9. The highest BCUT2D eigenvalue weighted by Crippen LogP contribution is 2.21. The van der Waals surface area contributed by atoms with Gasteiger partial charge in [0.05, 0.1) is 11.9 Å². The van der Waals surface area contributed by atoms with E-state index in [2.05, 4.69) is 15.6 Å². The van der Waals surface area contributed by atoms with Crippen LogP contribution in [0.4, 0.5) is 10.5 Å². The number of esters is 1. The summed E-state index contributed by atoms with van der Waals surface area (Å²) in [7, 11) is 0. The van der Waals surface area contributed by atoms with E-state index >= 15 is 0 Å². The summed E-state index contributed by atoms with van der Waals surface area (Å²) in [6.45, 7) is 0.201. The number of halogens is 1. The number of aromatic nitrogens is 1. The standard InChI is InChI=1S/C20H18ClN3O3/c21-19-15(12-14-6-4-5-9-17(14)24-19)13-27-18(25)10-11-22-20(26)23-16-7-2-1-3-8-16/h1-9,12H,10-11,13H2,(H2,22,23,26). The third-order valence-electron chi connectivity index (χ3n) is 3.79. The molecule has 138 valence electrons. The lowest BCUT2D eigenvalue weighted by Gasteiger charge is -2.09. The number of nitrogens with zero attached hydrogens (tertiary/aromatic N) is 1. The highest BCUT2D eigenvalue weighted by Gasteiger charge is 2.09. The molecule has 2 N–H and O–H groups in total. The van der Waals surface area contributed by atoms with Crippen molar-refractivity contribution in [2.75, 3.05) is 11.9 Å². The van der Waals surface area contributed by atoms with Crippen LogP contribution in [0.15, 0.2) is 60.7 Å². The van der Waals surface area contributed by atoms with Crippen molar-refractivity contribution in [3.63, 3.8) is 0 Å². The van der Waals surface area contributed by atoms with Crippen molar-refractivity contribution in [3.05, 3.63) is 71.4 Å². The van der Waals surface area contributed by atoms with E-state index < -0.39 is 5.97 Å². The maximum Gasteiger partial charge on any atom is 0.319 e. The van der Waals surface area contributed by atoms with Gasteiger partial charge in [-0.3, -0.25) is 4.79 Å². The van der Waals surface area contributed by atoms with E-state index in [1.165, 1.54) is 0 Å². The van der Waals surface area contributed by atoms with E-state index in [0.29, 0.717) is 16.4 Å². The lowest BCUT2D eigenvalue weighted by atomic mass is 10.2. The zero-order chi connectivity index (χ0) is 19.1. The van der Waals surface area contributed by atoms with Gasteiger partial charge in [0, 0.05) is 23.2 Å². The Bertz CT molecular complexity index is 948. The van der Waals surface area contributed by atoms with Crippen molar-refractivity contribution in [2.24, 2.45) is 0 Å². The number of amides is 2. The Morgan fingerprint density at radius 3 is 2.59 bits per heavy atom. The van der Waals surface area contributed by atoms with Crippen molar-refractivity contribution in [1.82, 2.24) is 10.3 Å². The molecule has 3 aromatic rings. The summed E-state index contributed by atoms with van der Waals surface area (Å²) in [4.78, 5) is 27.9. The van der Waals surface area contributed by atoms with Gasteiger partial charge in [-0.15, -0.1) is 0 Å². The minimum atomic E-state index is -0.431. The van der Waals surface area contributed by atoms with Crippen molar-refractivity contribution in [1.29, 1.82) is 0 Å². The van der Waals surface area contributed by atoms with Gasteiger partial charge < -0.3 is 15.4 Å². The van der Waals surface area contributed by atoms with Crippen LogP contribution in [-0.2, 0) is 16.1 Å². The van der Waals surface area contributed by atoms with Crippen molar-refractivity contribution < 1.29 is 14.3 Å². The molecule has 7 heteroatoms. The highest BCUT2D eigenvalue weighted by atomic mass is 35.5. The molecule has 1 heterocycles. The molecule has 0 radical (unpaired) electrons. The Morgan fingerprint density at radius 2 is 1.78 bits per heavy atom. The predicted octanol–water partition coefficient (Wildman–Crippen LogP) is 4.14. The van der Waals surface area contributed by atoms with Crippen molar-refractivity contribution in [3.8, 4) is 0 Å². The monoisotopic (exact) mass is 383 g/mol. The third kappa shape index (κ3) is 5.43. The highest BCUT2D eigenvalue weighted by molar-refractivity contribution is 6.30. The van der Waals surface area contributed by atoms with Gasteiger partial charge in [-0.05, 0) is 24.3 Å². The number of nitrogens with one attached hydrogen (secondary N) is 2. The number of hydrogen-bond acceptors (Lipinski definition) is 4. The molecule has 0 aliphatic rings. The largest absolute Gasteiger partial charge is 0.461 e. The van der Waals surface area contributed by atoms with Crippen LogP contribution in [0.3, 0.4) is 0 Å². The molecule has 2 aromatic carbocycles. The molecule has 0 atom stereocenters. The SMILES string of the molecule is O=C(NCCC(=O)OCc1cc2ccccc2nc1Cl)Nc1ccccc1. The molecular formula is C20H18ClN3O3. The number of para-hydroxylation sites is 2. The Kier molecular flexibility index (Phi) is 6.22. The summed E-state index contributed by atoms with van der Waals surface area (Å²) >= 11 is 6.14. The molecule has 0 spiro atoms. The fourth-order valence-corrected chi connectivity index (χ4v) is 2.64. The molecule has 0 unspecified atom stereocenters. The maximum absolute atomic E-state index is 11.9. The minimum Gasteiger partial charge on any atom is -0.461 e. The summed E-state index contributed by atoms with van der Waals surface area (Å²) in [6, 6.07) is 18.1. The smallest absolute Gasteiger partial charge is 0.319 e. The second-order valence-corrected chi connectivity index (χ2v) is 6.15. The van der Waals surface area contributed by atoms with Gasteiger partial charge >= 0.3 is 12.0 Å². The van der Waals surface area contributed by atoms with E-state index in [0.717, 1.165) is 10.9 Å². The molecule has 3 rings (SSSR count). The lowest BCUT2D eigenvalue weighted by Crippen LogP contribution is -2.30. The van der Waals surface area contributed by atoms with E-state index in [1.54, 1.807) is 12.1 Å². The number of carbonyl (C=O) groups is 2. The van der Waals surface area contributed by atoms with Crippen LogP contribution >= 0.6 is 11.6 Å². The summed E-state index contributed by atoms with van der Waals surface area (Å²) in [6.07, 6.45) is 0.0564. The molecule has 0 saturated carbocycles. The average molecular weight is 384 g/mol. The second-order valence-electron chi connectivity index (χ2n) is 5.79. The molecule has 1 aromatic heterocycles. The number of benzene rings is 2.